The zero-order valence-corrected chi connectivity index (χ0v) is 22.4. The van der Waals surface area contributed by atoms with Gasteiger partial charge in [-0.1, -0.05) is 59.6 Å². The number of hydrogen-bond acceptors (Lipinski definition) is 9. The van der Waals surface area contributed by atoms with Gasteiger partial charge in [-0.25, -0.2) is 9.97 Å². The summed E-state index contributed by atoms with van der Waals surface area (Å²) in [5, 5.41) is 10.5. The highest BCUT2D eigenvalue weighted by Crippen LogP contribution is 2.42. The van der Waals surface area contributed by atoms with Crippen LogP contribution in [-0.4, -0.2) is 63.4 Å². The van der Waals surface area contributed by atoms with E-state index in [4.69, 9.17) is 38.4 Å². The number of nitrogens with two attached hydrogens (primary N) is 1. The molecule has 196 valence electrons. The molecule has 3 N–H and O–H groups in total. The van der Waals surface area contributed by atoms with Gasteiger partial charge >= 0.3 is 0 Å². The van der Waals surface area contributed by atoms with E-state index in [0.29, 0.717) is 75.3 Å². The number of halogens is 2. The smallest absolute Gasteiger partial charge is 0.237 e. The number of hydrogen-bond donors (Lipinski definition) is 2. The summed E-state index contributed by atoms with van der Waals surface area (Å²) in [4.78, 5) is 20.3. The first-order chi connectivity index (χ1) is 18.4. The van der Waals surface area contributed by atoms with Crippen molar-refractivity contribution in [1.82, 2.24) is 24.8 Å². The number of methoxy groups -OCH3 is 2. The number of nitrogens with zero attached hydrogens (tertiary/aromatic N) is 5. The Hall–Kier alpha value is -3.34. The fourth-order valence-electron chi connectivity index (χ4n) is 4.39. The third kappa shape index (κ3) is 5.03. The van der Waals surface area contributed by atoms with E-state index < -0.39 is 0 Å². The summed E-state index contributed by atoms with van der Waals surface area (Å²) >= 11 is 13.8. The van der Waals surface area contributed by atoms with E-state index in [1.54, 1.807) is 19.5 Å². The van der Waals surface area contributed by atoms with Crippen LogP contribution in [-0.2, 0) is 13.1 Å². The highest BCUT2D eigenvalue weighted by molar-refractivity contribution is 6.39. The van der Waals surface area contributed by atoms with E-state index in [0.717, 1.165) is 11.1 Å². The summed E-state index contributed by atoms with van der Waals surface area (Å²) in [6, 6.07) is 11.3. The van der Waals surface area contributed by atoms with E-state index in [2.05, 4.69) is 24.8 Å². The minimum atomic E-state index is -0.292. The molecule has 0 radical (unpaired) electrons. The average molecular weight is 553 g/mol. The highest BCUT2D eigenvalue weighted by Gasteiger charge is 2.26. The zero-order chi connectivity index (χ0) is 26.8. The number of likely N-dealkylation sites (tertiary alicyclic amines) is 1. The maximum Gasteiger partial charge on any atom is 0.237 e. The first kappa shape index (κ1) is 26.3. The largest absolute Gasteiger partial charge is 0.480 e. The van der Waals surface area contributed by atoms with Gasteiger partial charge in [0.25, 0.3) is 0 Å². The van der Waals surface area contributed by atoms with E-state index in [1.165, 1.54) is 7.11 Å². The van der Waals surface area contributed by atoms with Gasteiger partial charge in [-0.05, 0) is 0 Å². The Bertz CT molecular complexity index is 1480. The summed E-state index contributed by atoms with van der Waals surface area (Å²) < 4.78 is 10.9. The molecule has 0 spiro atoms. The minimum absolute atomic E-state index is 0.211. The van der Waals surface area contributed by atoms with Gasteiger partial charge in [-0.15, -0.1) is 0 Å². The normalized spacial score (nSPS) is 13.8. The van der Waals surface area contributed by atoms with Crippen molar-refractivity contribution in [2.45, 2.75) is 19.2 Å². The molecule has 1 saturated heterocycles. The van der Waals surface area contributed by atoms with Crippen LogP contribution in [0.2, 0.25) is 10.0 Å². The molecule has 0 bridgehead atoms. The van der Waals surface area contributed by atoms with Gasteiger partial charge in [0.1, 0.15) is 11.4 Å². The molecule has 0 unspecified atom stereocenters. The van der Waals surface area contributed by atoms with Crippen molar-refractivity contribution in [3.8, 4) is 45.4 Å². The van der Waals surface area contributed by atoms with Crippen LogP contribution >= 0.6 is 23.2 Å². The third-order valence-corrected chi connectivity index (χ3v) is 7.17. The predicted octanol–water partition coefficient (Wildman–Crippen LogP) is 4.23. The lowest BCUT2D eigenvalue weighted by Gasteiger charge is -2.35. The van der Waals surface area contributed by atoms with E-state index in [9.17, 15) is 5.11 Å². The lowest BCUT2D eigenvalue weighted by molar-refractivity contribution is -0.00402. The van der Waals surface area contributed by atoms with Gasteiger partial charge in [0.15, 0.2) is 0 Å². The maximum atomic E-state index is 9.56. The van der Waals surface area contributed by atoms with Gasteiger partial charge in [-0.3, -0.25) is 14.9 Å². The molecule has 3 heterocycles. The molecule has 1 fully saturated rings. The van der Waals surface area contributed by atoms with Crippen molar-refractivity contribution in [2.75, 3.05) is 27.3 Å². The van der Waals surface area contributed by atoms with E-state index in [1.807, 2.05) is 36.4 Å². The van der Waals surface area contributed by atoms with Gasteiger partial charge in [0.05, 0.1) is 54.2 Å². The molecule has 2 aromatic carbocycles. The van der Waals surface area contributed by atoms with Crippen molar-refractivity contribution in [2.24, 2.45) is 5.73 Å². The summed E-state index contributed by atoms with van der Waals surface area (Å²) in [5.74, 6) is 0.770. The van der Waals surface area contributed by atoms with Crippen molar-refractivity contribution < 1.29 is 14.6 Å². The lowest BCUT2D eigenvalue weighted by atomic mass is 9.98. The number of aromatic nitrogens is 4. The summed E-state index contributed by atoms with van der Waals surface area (Å²) in [7, 11) is 3.08. The standard InChI is InChI=1S/C27H26Cl2N6O3/c1-37-26-20(9-30)31-10-21(33-26)18-7-3-5-16(24(18)28)17-6-4-8-19(25(17)29)22-11-32-23(27(34-22)38-2)14-35-12-15(36)13-35/h3-8,10-11,15,36H,9,12-14,30H2,1-2H3. The first-order valence-electron chi connectivity index (χ1n) is 11.9. The molecule has 9 nitrogen and oxygen atoms in total. The molecule has 0 amide bonds. The number of aliphatic hydroxyl groups excluding tert-OH is 1. The molecule has 11 heteroatoms. The van der Waals surface area contributed by atoms with Crippen LogP contribution in [0.15, 0.2) is 48.8 Å². The summed E-state index contributed by atoms with van der Waals surface area (Å²) in [6.45, 7) is 1.97. The number of β-amino-alcohol motifs (C(OH)–C–C–N with tert-alkyl or cyclic N) is 1. The van der Waals surface area contributed by atoms with Crippen molar-refractivity contribution in [3.63, 3.8) is 0 Å². The molecule has 1 aliphatic heterocycles. The van der Waals surface area contributed by atoms with Crippen LogP contribution in [0.4, 0.5) is 0 Å². The Morgan fingerprint density at radius 2 is 1.32 bits per heavy atom. The predicted molar refractivity (Wildman–Crippen MR) is 146 cm³/mol. The minimum Gasteiger partial charge on any atom is -0.480 e. The Morgan fingerprint density at radius 3 is 1.79 bits per heavy atom. The Kier molecular flexibility index (Phi) is 7.73. The second kappa shape index (κ2) is 11.2. The third-order valence-electron chi connectivity index (χ3n) is 6.35. The number of ether oxygens (including phenoxy) is 2. The molecule has 2 aromatic heterocycles. The number of aliphatic hydroxyl groups is 1. The fraction of sp³-hybridized carbons (Fsp3) is 0.259. The molecular weight excluding hydrogens is 527 g/mol. The molecule has 0 saturated carbocycles. The molecular formula is C27H26Cl2N6O3. The second-order valence-electron chi connectivity index (χ2n) is 8.81. The van der Waals surface area contributed by atoms with E-state index in [-0.39, 0.29) is 12.6 Å². The van der Waals surface area contributed by atoms with Crippen molar-refractivity contribution in [3.05, 3.63) is 70.2 Å². The topological polar surface area (TPSA) is 120 Å². The monoisotopic (exact) mass is 552 g/mol. The molecule has 0 atom stereocenters. The number of rotatable bonds is 8. The Morgan fingerprint density at radius 1 is 0.842 bits per heavy atom. The second-order valence-corrected chi connectivity index (χ2v) is 9.56. The molecule has 1 aliphatic rings. The lowest BCUT2D eigenvalue weighted by Crippen LogP contribution is -2.50. The highest BCUT2D eigenvalue weighted by atomic mass is 35.5. The summed E-state index contributed by atoms with van der Waals surface area (Å²) in [6.07, 6.45) is 3.01. The van der Waals surface area contributed by atoms with Gasteiger partial charge in [-0.2, -0.15) is 0 Å². The first-order valence-corrected chi connectivity index (χ1v) is 12.7. The van der Waals surface area contributed by atoms with Crippen LogP contribution < -0.4 is 15.2 Å². The SMILES string of the molecule is COc1nc(-c2cccc(-c3cccc(-c4cnc(CN5CC(O)C5)c(OC)n4)c3Cl)c2Cl)cnc1CN. The van der Waals surface area contributed by atoms with E-state index >= 15 is 0 Å². The Balaban J connectivity index is 1.51. The fourth-order valence-corrected chi connectivity index (χ4v) is 5.04. The van der Waals surface area contributed by atoms with Crippen LogP contribution in [0.3, 0.4) is 0 Å². The number of benzene rings is 2. The molecule has 5 rings (SSSR count). The summed E-state index contributed by atoms with van der Waals surface area (Å²) in [5.41, 5.74) is 10.9. The van der Waals surface area contributed by atoms with Gasteiger partial charge in [0, 0.05) is 48.4 Å². The Labute approximate surface area is 230 Å². The van der Waals surface area contributed by atoms with Crippen LogP contribution in [0.25, 0.3) is 33.6 Å². The molecule has 0 aliphatic carbocycles. The molecule has 38 heavy (non-hydrogen) atoms. The van der Waals surface area contributed by atoms with Gasteiger partial charge in [0.2, 0.25) is 11.8 Å². The quantitative estimate of drug-likeness (QED) is 0.330. The van der Waals surface area contributed by atoms with Crippen LogP contribution in [0.5, 0.6) is 11.8 Å². The van der Waals surface area contributed by atoms with Crippen molar-refractivity contribution >= 4 is 23.2 Å². The molecule has 4 aromatic rings. The van der Waals surface area contributed by atoms with Gasteiger partial charge < -0.3 is 20.3 Å². The zero-order valence-electron chi connectivity index (χ0n) is 20.9. The van der Waals surface area contributed by atoms with Crippen molar-refractivity contribution in [1.29, 1.82) is 0 Å². The average Bonchev–Trinajstić information content (AvgIpc) is 2.92. The maximum absolute atomic E-state index is 9.56. The van der Waals surface area contributed by atoms with Crippen LogP contribution in [0.1, 0.15) is 11.4 Å². The van der Waals surface area contributed by atoms with Crippen LogP contribution in [0, 0.1) is 0 Å².